The molecular formula is C17H20N2O3. The van der Waals surface area contributed by atoms with Crippen LogP contribution in [0.25, 0.3) is 0 Å². The Hall–Kier alpha value is -2.69. The number of rotatable bonds is 5. The Morgan fingerprint density at radius 1 is 1.05 bits per heavy atom. The maximum atomic E-state index is 12.0. The molecule has 22 heavy (non-hydrogen) atoms. The number of nitrogens with zero attached hydrogens (tertiary/aromatic N) is 1. The summed E-state index contributed by atoms with van der Waals surface area (Å²) >= 11 is 0. The Morgan fingerprint density at radius 3 is 2.32 bits per heavy atom. The van der Waals surface area contributed by atoms with Crippen molar-refractivity contribution >= 4 is 11.6 Å². The van der Waals surface area contributed by atoms with Gasteiger partial charge in [-0.25, -0.2) is 0 Å². The number of carbonyl (C=O) groups excluding carboxylic acids is 1. The number of hydrogen-bond acceptors (Lipinski definition) is 4. The fraction of sp³-hybridized carbons (Fsp3) is 0.235. The van der Waals surface area contributed by atoms with Gasteiger partial charge in [0, 0.05) is 31.9 Å². The number of carbonyl (C=O) groups is 1. The van der Waals surface area contributed by atoms with Gasteiger partial charge < -0.3 is 20.4 Å². The van der Waals surface area contributed by atoms with Crippen LogP contribution in [0.2, 0.25) is 0 Å². The Morgan fingerprint density at radius 2 is 1.73 bits per heavy atom. The first-order valence-electron chi connectivity index (χ1n) is 7.04. The highest BCUT2D eigenvalue weighted by Crippen LogP contribution is 2.24. The van der Waals surface area contributed by atoms with Crippen LogP contribution in [0.3, 0.4) is 0 Å². The molecule has 116 valence electrons. The van der Waals surface area contributed by atoms with E-state index in [0.717, 1.165) is 11.3 Å². The summed E-state index contributed by atoms with van der Waals surface area (Å²) in [4.78, 5) is 14.0. The van der Waals surface area contributed by atoms with Gasteiger partial charge in [0.25, 0.3) is 5.91 Å². The predicted octanol–water partition coefficient (Wildman–Crippen LogP) is 2.14. The summed E-state index contributed by atoms with van der Waals surface area (Å²) in [6.07, 6.45) is 0.579. The maximum Gasteiger partial charge on any atom is 0.251 e. The van der Waals surface area contributed by atoms with E-state index >= 15 is 0 Å². The van der Waals surface area contributed by atoms with Crippen molar-refractivity contribution in [1.82, 2.24) is 5.32 Å². The van der Waals surface area contributed by atoms with Crippen LogP contribution in [0.1, 0.15) is 15.9 Å². The minimum Gasteiger partial charge on any atom is -0.504 e. The van der Waals surface area contributed by atoms with Gasteiger partial charge in [-0.3, -0.25) is 4.79 Å². The van der Waals surface area contributed by atoms with E-state index in [-0.39, 0.29) is 17.4 Å². The van der Waals surface area contributed by atoms with Gasteiger partial charge >= 0.3 is 0 Å². The molecule has 5 heteroatoms. The minimum absolute atomic E-state index is 0.131. The molecule has 0 aliphatic rings. The lowest BCUT2D eigenvalue weighted by Crippen LogP contribution is -2.25. The largest absolute Gasteiger partial charge is 0.504 e. The highest BCUT2D eigenvalue weighted by molar-refractivity contribution is 5.94. The minimum atomic E-state index is -0.150. The van der Waals surface area contributed by atoms with Gasteiger partial charge in [-0.05, 0) is 48.4 Å². The molecule has 0 spiro atoms. The molecule has 5 nitrogen and oxygen atoms in total. The highest BCUT2D eigenvalue weighted by Gasteiger charge is 2.06. The van der Waals surface area contributed by atoms with E-state index in [9.17, 15) is 15.0 Å². The molecule has 0 radical (unpaired) electrons. The summed E-state index contributed by atoms with van der Waals surface area (Å²) in [6, 6.07) is 12.0. The topological polar surface area (TPSA) is 72.8 Å². The third-order valence-electron chi connectivity index (χ3n) is 3.38. The normalized spacial score (nSPS) is 10.3. The highest BCUT2D eigenvalue weighted by atomic mass is 16.3. The van der Waals surface area contributed by atoms with Crippen molar-refractivity contribution in [2.75, 3.05) is 25.5 Å². The van der Waals surface area contributed by atoms with Crippen molar-refractivity contribution < 1.29 is 15.0 Å². The molecule has 2 aromatic rings. The van der Waals surface area contributed by atoms with E-state index in [1.807, 2.05) is 31.1 Å². The molecule has 0 fully saturated rings. The number of benzene rings is 2. The molecule has 2 aromatic carbocycles. The number of phenolic OH excluding ortho intramolecular Hbond substituents is 2. The van der Waals surface area contributed by atoms with Gasteiger partial charge in [-0.1, -0.05) is 6.07 Å². The Bertz CT molecular complexity index is 651. The van der Waals surface area contributed by atoms with Crippen LogP contribution in [0.5, 0.6) is 11.5 Å². The standard InChI is InChI=1S/C17H20N2O3/c1-19(2)14-6-4-13(5-7-14)17(22)18-10-9-12-3-8-15(20)16(21)11-12/h3-8,11,20-21H,9-10H2,1-2H3,(H,18,22). The number of hydrogen-bond donors (Lipinski definition) is 3. The van der Waals surface area contributed by atoms with Crippen molar-refractivity contribution in [3.63, 3.8) is 0 Å². The van der Waals surface area contributed by atoms with Gasteiger partial charge in [0.05, 0.1) is 0 Å². The average Bonchev–Trinajstić information content (AvgIpc) is 2.51. The lowest BCUT2D eigenvalue weighted by Gasteiger charge is -2.12. The third-order valence-corrected chi connectivity index (χ3v) is 3.38. The summed E-state index contributed by atoms with van der Waals surface area (Å²) in [7, 11) is 3.89. The number of phenols is 2. The van der Waals surface area contributed by atoms with Crippen LogP contribution in [-0.2, 0) is 6.42 Å². The average molecular weight is 300 g/mol. The van der Waals surface area contributed by atoms with Gasteiger partial charge in [-0.15, -0.1) is 0 Å². The molecule has 0 bridgehead atoms. The van der Waals surface area contributed by atoms with E-state index in [2.05, 4.69) is 5.32 Å². The lowest BCUT2D eigenvalue weighted by atomic mass is 10.1. The molecule has 0 saturated carbocycles. The molecule has 2 rings (SSSR count). The molecular weight excluding hydrogens is 280 g/mol. The SMILES string of the molecule is CN(C)c1ccc(C(=O)NCCc2ccc(O)c(O)c2)cc1. The smallest absolute Gasteiger partial charge is 0.251 e. The van der Waals surface area contributed by atoms with E-state index < -0.39 is 0 Å². The monoisotopic (exact) mass is 300 g/mol. The predicted molar refractivity (Wildman–Crippen MR) is 86.6 cm³/mol. The summed E-state index contributed by atoms with van der Waals surface area (Å²) in [5.41, 5.74) is 2.49. The summed E-state index contributed by atoms with van der Waals surface area (Å²) in [5.74, 6) is -0.426. The first-order valence-corrected chi connectivity index (χ1v) is 7.04. The molecule has 0 aliphatic heterocycles. The van der Waals surface area contributed by atoms with E-state index in [0.29, 0.717) is 18.5 Å². The first kappa shape index (κ1) is 15.7. The summed E-state index contributed by atoms with van der Waals surface area (Å²) in [6.45, 7) is 0.457. The van der Waals surface area contributed by atoms with Gasteiger partial charge in [0.2, 0.25) is 0 Å². The Kier molecular flexibility index (Phi) is 4.88. The molecule has 0 aliphatic carbocycles. The Labute approximate surface area is 129 Å². The lowest BCUT2D eigenvalue weighted by molar-refractivity contribution is 0.0954. The van der Waals surface area contributed by atoms with E-state index in [4.69, 9.17) is 0 Å². The van der Waals surface area contributed by atoms with Crippen molar-refractivity contribution in [1.29, 1.82) is 0 Å². The maximum absolute atomic E-state index is 12.0. The van der Waals surface area contributed by atoms with Crippen LogP contribution in [-0.4, -0.2) is 36.8 Å². The van der Waals surface area contributed by atoms with Crippen molar-refractivity contribution in [3.05, 3.63) is 53.6 Å². The molecule has 0 aromatic heterocycles. The molecule has 1 amide bonds. The zero-order valence-electron chi connectivity index (χ0n) is 12.7. The fourth-order valence-electron chi connectivity index (χ4n) is 2.06. The fourth-order valence-corrected chi connectivity index (χ4v) is 2.06. The second kappa shape index (κ2) is 6.85. The summed E-state index contributed by atoms with van der Waals surface area (Å²) in [5, 5.41) is 21.5. The molecule has 0 saturated heterocycles. The van der Waals surface area contributed by atoms with Crippen LogP contribution in [0.15, 0.2) is 42.5 Å². The van der Waals surface area contributed by atoms with Gasteiger partial charge in [-0.2, -0.15) is 0 Å². The quantitative estimate of drug-likeness (QED) is 0.740. The van der Waals surface area contributed by atoms with E-state index in [1.165, 1.54) is 12.1 Å². The van der Waals surface area contributed by atoms with Crippen molar-refractivity contribution in [2.45, 2.75) is 6.42 Å². The van der Waals surface area contributed by atoms with Crippen LogP contribution in [0.4, 0.5) is 5.69 Å². The number of aromatic hydroxyl groups is 2. The zero-order valence-corrected chi connectivity index (χ0v) is 12.7. The number of amides is 1. The van der Waals surface area contributed by atoms with Crippen LogP contribution < -0.4 is 10.2 Å². The number of anilines is 1. The molecule has 3 N–H and O–H groups in total. The van der Waals surface area contributed by atoms with Gasteiger partial charge in [0.1, 0.15) is 0 Å². The van der Waals surface area contributed by atoms with Crippen molar-refractivity contribution in [2.24, 2.45) is 0 Å². The van der Waals surface area contributed by atoms with Crippen LogP contribution >= 0.6 is 0 Å². The Balaban J connectivity index is 1.88. The zero-order chi connectivity index (χ0) is 16.1. The molecule has 0 heterocycles. The summed E-state index contributed by atoms with van der Waals surface area (Å²) < 4.78 is 0. The second-order valence-corrected chi connectivity index (χ2v) is 5.27. The molecule has 0 unspecified atom stereocenters. The second-order valence-electron chi connectivity index (χ2n) is 5.27. The van der Waals surface area contributed by atoms with Gasteiger partial charge in [0.15, 0.2) is 11.5 Å². The third kappa shape index (κ3) is 3.91. The van der Waals surface area contributed by atoms with E-state index in [1.54, 1.807) is 18.2 Å². The van der Waals surface area contributed by atoms with Crippen LogP contribution in [0, 0.1) is 0 Å². The molecule has 0 atom stereocenters. The number of nitrogens with one attached hydrogen (secondary N) is 1. The van der Waals surface area contributed by atoms with Crippen molar-refractivity contribution in [3.8, 4) is 11.5 Å². The first-order chi connectivity index (χ1) is 10.5.